The van der Waals surface area contributed by atoms with E-state index in [-0.39, 0.29) is 24.1 Å². The third-order valence-electron chi connectivity index (χ3n) is 4.27. The molecule has 1 atom stereocenters. The van der Waals surface area contributed by atoms with Crippen molar-refractivity contribution >= 4 is 27.5 Å². The van der Waals surface area contributed by atoms with Crippen LogP contribution in [0.1, 0.15) is 38.2 Å². The summed E-state index contributed by atoms with van der Waals surface area (Å²) in [5, 5.41) is 3.35. The van der Waals surface area contributed by atoms with Gasteiger partial charge in [0.2, 0.25) is 15.9 Å². The molecule has 1 N–H and O–H groups in total. The maximum Gasteiger partial charge on any atom is 0.224 e. The van der Waals surface area contributed by atoms with Crippen LogP contribution in [0, 0.1) is 5.92 Å². The summed E-state index contributed by atoms with van der Waals surface area (Å²) >= 11 is 6.07. The molecular formula is C17H25ClN2O3S. The van der Waals surface area contributed by atoms with Crippen molar-refractivity contribution in [2.24, 2.45) is 5.92 Å². The Labute approximate surface area is 149 Å². The van der Waals surface area contributed by atoms with Gasteiger partial charge in [0, 0.05) is 24.7 Å². The number of carbonyl (C=O) groups excluding carboxylic acids is 1. The Bertz CT molecular complexity index is 664. The van der Waals surface area contributed by atoms with E-state index in [4.69, 9.17) is 11.6 Å². The van der Waals surface area contributed by atoms with Gasteiger partial charge in [0.25, 0.3) is 0 Å². The Morgan fingerprint density at radius 3 is 2.83 bits per heavy atom. The molecule has 7 heteroatoms. The smallest absolute Gasteiger partial charge is 0.224 e. The number of halogens is 1. The van der Waals surface area contributed by atoms with E-state index in [1.54, 1.807) is 24.3 Å². The quantitative estimate of drug-likeness (QED) is 0.748. The van der Waals surface area contributed by atoms with Crippen LogP contribution in [-0.4, -0.2) is 38.3 Å². The number of carbonyl (C=O) groups is 1. The van der Waals surface area contributed by atoms with Gasteiger partial charge in [-0.2, -0.15) is 0 Å². The Hall–Kier alpha value is -1.11. The van der Waals surface area contributed by atoms with E-state index in [0.717, 1.165) is 19.3 Å². The fourth-order valence-corrected chi connectivity index (χ4v) is 4.77. The van der Waals surface area contributed by atoms with Crippen molar-refractivity contribution in [3.63, 3.8) is 0 Å². The van der Waals surface area contributed by atoms with Crippen LogP contribution >= 0.6 is 11.6 Å². The van der Waals surface area contributed by atoms with E-state index in [1.807, 2.05) is 0 Å². The highest BCUT2D eigenvalue weighted by Crippen LogP contribution is 2.24. The lowest BCUT2D eigenvalue weighted by molar-refractivity contribution is -0.126. The minimum atomic E-state index is -3.48. The monoisotopic (exact) mass is 372 g/mol. The van der Waals surface area contributed by atoms with E-state index in [0.29, 0.717) is 30.1 Å². The minimum absolute atomic E-state index is 0.0407. The first kappa shape index (κ1) is 19.2. The average molecular weight is 373 g/mol. The highest BCUT2D eigenvalue weighted by molar-refractivity contribution is 7.88. The van der Waals surface area contributed by atoms with E-state index >= 15 is 0 Å². The SMILES string of the molecule is CCCCNC(=O)[C@@H]1CCCN(S(=O)(=O)Cc2ccccc2Cl)C1. The Morgan fingerprint density at radius 2 is 2.12 bits per heavy atom. The Balaban J connectivity index is 2.00. The van der Waals surface area contributed by atoms with Crippen LogP contribution in [0.5, 0.6) is 0 Å². The normalized spacial score (nSPS) is 19.2. The van der Waals surface area contributed by atoms with Crippen LogP contribution in [0.3, 0.4) is 0 Å². The molecule has 1 aliphatic rings. The van der Waals surface area contributed by atoms with Crippen molar-refractivity contribution in [2.75, 3.05) is 19.6 Å². The number of sulfonamides is 1. The van der Waals surface area contributed by atoms with E-state index in [2.05, 4.69) is 12.2 Å². The number of hydrogen-bond donors (Lipinski definition) is 1. The van der Waals surface area contributed by atoms with Gasteiger partial charge in [-0.05, 0) is 30.9 Å². The molecule has 1 heterocycles. The topological polar surface area (TPSA) is 66.5 Å². The molecule has 5 nitrogen and oxygen atoms in total. The largest absolute Gasteiger partial charge is 0.356 e. The highest BCUT2D eigenvalue weighted by Gasteiger charge is 2.32. The van der Waals surface area contributed by atoms with Gasteiger partial charge in [0.15, 0.2) is 0 Å². The zero-order valence-electron chi connectivity index (χ0n) is 14.0. The predicted molar refractivity (Wildman–Crippen MR) is 96.3 cm³/mol. The predicted octanol–water partition coefficient (Wildman–Crippen LogP) is 2.80. The number of nitrogens with one attached hydrogen (secondary N) is 1. The van der Waals surface area contributed by atoms with E-state index in [9.17, 15) is 13.2 Å². The molecule has 2 rings (SSSR count). The number of nitrogens with zero attached hydrogens (tertiary/aromatic N) is 1. The molecule has 24 heavy (non-hydrogen) atoms. The lowest BCUT2D eigenvalue weighted by Crippen LogP contribution is -2.45. The lowest BCUT2D eigenvalue weighted by Gasteiger charge is -2.31. The first-order valence-corrected chi connectivity index (χ1v) is 10.4. The maximum absolute atomic E-state index is 12.7. The van der Waals surface area contributed by atoms with Crippen LogP contribution < -0.4 is 5.32 Å². The summed E-state index contributed by atoms with van der Waals surface area (Å²) in [5.41, 5.74) is 0.591. The Kier molecular flexibility index (Phi) is 7.07. The first-order valence-electron chi connectivity index (χ1n) is 8.43. The first-order chi connectivity index (χ1) is 11.4. The zero-order valence-corrected chi connectivity index (χ0v) is 15.6. The standard InChI is InChI=1S/C17H25ClN2O3S/c1-2-3-10-19-17(21)14-8-6-11-20(12-14)24(22,23)13-15-7-4-5-9-16(15)18/h4-5,7,9,14H,2-3,6,8,10-13H2,1H3,(H,19,21)/t14-/m1/s1. The van der Waals surface area contributed by atoms with Crippen LogP contribution in [-0.2, 0) is 20.6 Å². The molecule has 1 aromatic rings. The van der Waals surface area contributed by atoms with Gasteiger partial charge in [-0.1, -0.05) is 43.1 Å². The Morgan fingerprint density at radius 1 is 1.38 bits per heavy atom. The molecule has 0 bridgehead atoms. The summed E-state index contributed by atoms with van der Waals surface area (Å²) in [6.45, 7) is 3.43. The third-order valence-corrected chi connectivity index (χ3v) is 6.44. The summed E-state index contributed by atoms with van der Waals surface area (Å²) < 4.78 is 26.8. The summed E-state index contributed by atoms with van der Waals surface area (Å²) in [6, 6.07) is 6.96. The van der Waals surface area contributed by atoms with Crippen molar-refractivity contribution in [2.45, 2.75) is 38.4 Å². The highest BCUT2D eigenvalue weighted by atomic mass is 35.5. The summed E-state index contributed by atoms with van der Waals surface area (Å²) in [4.78, 5) is 12.2. The number of amides is 1. The van der Waals surface area contributed by atoms with E-state index < -0.39 is 10.0 Å². The molecule has 0 saturated carbocycles. The van der Waals surface area contributed by atoms with E-state index in [1.165, 1.54) is 4.31 Å². The summed E-state index contributed by atoms with van der Waals surface area (Å²) in [7, 11) is -3.48. The lowest BCUT2D eigenvalue weighted by atomic mass is 9.99. The molecule has 0 aromatic heterocycles. The summed E-state index contributed by atoms with van der Waals surface area (Å²) in [5.74, 6) is -0.436. The van der Waals surface area contributed by atoms with Crippen LogP contribution in [0.2, 0.25) is 5.02 Å². The van der Waals surface area contributed by atoms with Crippen molar-refractivity contribution in [1.29, 1.82) is 0 Å². The van der Waals surface area contributed by atoms with Crippen molar-refractivity contribution in [3.05, 3.63) is 34.9 Å². The fourth-order valence-electron chi connectivity index (χ4n) is 2.85. The fraction of sp³-hybridized carbons (Fsp3) is 0.588. The van der Waals surface area contributed by atoms with Crippen molar-refractivity contribution in [3.8, 4) is 0 Å². The number of piperidine rings is 1. The molecule has 134 valence electrons. The summed E-state index contributed by atoms with van der Waals surface area (Å²) in [6.07, 6.45) is 3.39. The number of hydrogen-bond acceptors (Lipinski definition) is 3. The second-order valence-corrected chi connectivity index (χ2v) is 8.57. The molecule has 1 aromatic carbocycles. The zero-order chi connectivity index (χ0) is 17.6. The van der Waals surface area contributed by atoms with Gasteiger partial charge >= 0.3 is 0 Å². The number of unbranched alkanes of at least 4 members (excludes halogenated alkanes) is 1. The van der Waals surface area contributed by atoms with Crippen molar-refractivity contribution in [1.82, 2.24) is 9.62 Å². The van der Waals surface area contributed by atoms with Gasteiger partial charge in [0.05, 0.1) is 11.7 Å². The van der Waals surface area contributed by atoms with Crippen molar-refractivity contribution < 1.29 is 13.2 Å². The van der Waals surface area contributed by atoms with Crippen LogP contribution in [0.4, 0.5) is 0 Å². The molecule has 1 fully saturated rings. The molecule has 1 saturated heterocycles. The minimum Gasteiger partial charge on any atom is -0.356 e. The van der Waals surface area contributed by atoms with Gasteiger partial charge in [-0.25, -0.2) is 12.7 Å². The molecule has 0 spiro atoms. The van der Waals surface area contributed by atoms with Gasteiger partial charge in [-0.3, -0.25) is 4.79 Å². The third kappa shape index (κ3) is 5.19. The van der Waals surface area contributed by atoms with Gasteiger partial charge < -0.3 is 5.32 Å². The van der Waals surface area contributed by atoms with Crippen LogP contribution in [0.15, 0.2) is 24.3 Å². The number of rotatable bonds is 7. The second kappa shape index (κ2) is 8.83. The average Bonchev–Trinajstić information content (AvgIpc) is 2.57. The molecule has 0 unspecified atom stereocenters. The molecule has 1 aliphatic heterocycles. The second-order valence-electron chi connectivity index (χ2n) is 6.19. The molecule has 1 amide bonds. The van der Waals surface area contributed by atoms with Gasteiger partial charge in [0.1, 0.15) is 0 Å². The van der Waals surface area contributed by atoms with Crippen LogP contribution in [0.25, 0.3) is 0 Å². The molecule has 0 aliphatic carbocycles. The maximum atomic E-state index is 12.7. The molecular weight excluding hydrogens is 348 g/mol. The molecule has 0 radical (unpaired) electrons. The van der Waals surface area contributed by atoms with Gasteiger partial charge in [-0.15, -0.1) is 0 Å². The number of benzene rings is 1.